The highest BCUT2D eigenvalue weighted by atomic mass is 31.2. The van der Waals surface area contributed by atoms with Gasteiger partial charge in [-0.15, -0.1) is 0 Å². The summed E-state index contributed by atoms with van der Waals surface area (Å²) < 4.78 is 68.9. The first kappa shape index (κ1) is 106. The number of carbonyl (C=O) groups excluding carboxylic acids is 4. The third kappa shape index (κ3) is 80.2. The second kappa shape index (κ2) is 79.8. The van der Waals surface area contributed by atoms with Gasteiger partial charge in [0.2, 0.25) is 0 Å². The zero-order chi connectivity index (χ0) is 79.2. The summed E-state index contributed by atoms with van der Waals surface area (Å²) in [6.07, 6.45) is 75.8. The lowest BCUT2D eigenvalue weighted by molar-refractivity contribution is -0.161. The van der Waals surface area contributed by atoms with Gasteiger partial charge < -0.3 is 33.8 Å². The van der Waals surface area contributed by atoms with E-state index in [0.717, 1.165) is 115 Å². The number of allylic oxidation sites excluding steroid dienone is 4. The normalized spacial score (nSPS) is 14.2. The van der Waals surface area contributed by atoms with Crippen molar-refractivity contribution in [3.8, 4) is 0 Å². The number of ether oxygens (including phenoxy) is 4. The second-order valence-corrected chi connectivity index (χ2v) is 34.9. The molecule has 0 heterocycles. The SMILES string of the molecule is CCCCCC/C=C\C=C/CCCCCCCC(=O)O[C@H](COC(=O)CCCCCCCCCCCC)COP(=O)(O)OC[C@H](O)COP(=O)(O)OC[C@@H](COC(=O)CCCCCCCCCCCCCCCCCCCCC(C)C)OC(=O)CCCCCCCCCCCCCCCCCCCCC(C)CC. The van der Waals surface area contributed by atoms with Gasteiger partial charge in [0.25, 0.3) is 0 Å². The van der Waals surface area contributed by atoms with Gasteiger partial charge in [-0.25, -0.2) is 9.13 Å². The summed E-state index contributed by atoms with van der Waals surface area (Å²) in [4.78, 5) is 73.2. The van der Waals surface area contributed by atoms with E-state index < -0.39 is 97.5 Å². The number of hydrogen-bond acceptors (Lipinski definition) is 15. The minimum absolute atomic E-state index is 0.0855. The van der Waals surface area contributed by atoms with E-state index in [1.165, 1.54) is 257 Å². The Hall–Kier alpha value is -2.46. The number of carbonyl (C=O) groups is 4. The predicted octanol–water partition coefficient (Wildman–Crippen LogP) is 27.0. The summed E-state index contributed by atoms with van der Waals surface area (Å²) in [5.74, 6) is -0.438. The van der Waals surface area contributed by atoms with Crippen LogP contribution in [0.4, 0.5) is 0 Å². The summed E-state index contributed by atoms with van der Waals surface area (Å²) in [5.41, 5.74) is 0. The van der Waals surface area contributed by atoms with Crippen molar-refractivity contribution in [1.29, 1.82) is 0 Å². The Morgan fingerprint density at radius 1 is 0.306 bits per heavy atom. The molecule has 6 atom stereocenters. The molecule has 0 aromatic heterocycles. The van der Waals surface area contributed by atoms with Gasteiger partial charge in [-0.3, -0.25) is 37.3 Å². The second-order valence-electron chi connectivity index (χ2n) is 32.0. The molecule has 0 aliphatic rings. The molecule has 108 heavy (non-hydrogen) atoms. The van der Waals surface area contributed by atoms with E-state index >= 15 is 0 Å². The van der Waals surface area contributed by atoms with Crippen LogP contribution in [0.15, 0.2) is 24.3 Å². The maximum Gasteiger partial charge on any atom is 0.472 e. The molecule has 0 fully saturated rings. The van der Waals surface area contributed by atoms with Crippen LogP contribution in [0.1, 0.15) is 452 Å². The van der Waals surface area contributed by atoms with E-state index in [4.69, 9.17) is 37.0 Å². The zero-order valence-electron chi connectivity index (χ0n) is 70.6. The van der Waals surface area contributed by atoms with E-state index in [0.29, 0.717) is 25.7 Å². The van der Waals surface area contributed by atoms with Crippen molar-refractivity contribution in [3.05, 3.63) is 24.3 Å². The molecule has 3 N–H and O–H groups in total. The molecule has 0 aliphatic carbocycles. The fraction of sp³-hybridized carbons (Fsp3) is 0.910. The fourth-order valence-electron chi connectivity index (χ4n) is 13.4. The number of esters is 4. The van der Waals surface area contributed by atoms with Crippen molar-refractivity contribution in [2.45, 2.75) is 471 Å². The minimum Gasteiger partial charge on any atom is -0.462 e. The number of phosphoric acid groups is 2. The van der Waals surface area contributed by atoms with Gasteiger partial charge in [-0.1, -0.05) is 400 Å². The van der Waals surface area contributed by atoms with Crippen molar-refractivity contribution in [1.82, 2.24) is 0 Å². The summed E-state index contributed by atoms with van der Waals surface area (Å²) in [6, 6.07) is 0. The van der Waals surface area contributed by atoms with E-state index in [2.05, 4.69) is 65.8 Å². The van der Waals surface area contributed by atoms with Crippen molar-refractivity contribution < 1.29 is 80.2 Å². The highest BCUT2D eigenvalue weighted by Crippen LogP contribution is 2.45. The van der Waals surface area contributed by atoms with Gasteiger partial charge in [0.15, 0.2) is 12.2 Å². The molecule has 0 saturated carbocycles. The van der Waals surface area contributed by atoms with Crippen molar-refractivity contribution in [2.24, 2.45) is 11.8 Å². The van der Waals surface area contributed by atoms with Gasteiger partial charge in [-0.05, 0) is 63.2 Å². The molecule has 0 aliphatic heterocycles. The van der Waals surface area contributed by atoms with Crippen LogP contribution in [0.2, 0.25) is 0 Å². The van der Waals surface area contributed by atoms with Crippen molar-refractivity contribution >= 4 is 39.5 Å². The summed E-state index contributed by atoms with van der Waals surface area (Å²) in [5, 5.41) is 10.7. The third-order valence-corrected chi connectivity index (χ3v) is 22.6. The summed E-state index contributed by atoms with van der Waals surface area (Å²) in [6.45, 7) is 9.71. The highest BCUT2D eigenvalue weighted by Gasteiger charge is 2.30. The molecule has 0 saturated heterocycles. The molecule has 638 valence electrons. The van der Waals surface area contributed by atoms with Gasteiger partial charge in [0.1, 0.15) is 19.3 Å². The van der Waals surface area contributed by atoms with E-state index in [9.17, 15) is 43.2 Å². The summed E-state index contributed by atoms with van der Waals surface area (Å²) >= 11 is 0. The average molecular weight is 1570 g/mol. The molecule has 0 bridgehead atoms. The largest absolute Gasteiger partial charge is 0.472 e. The lowest BCUT2D eigenvalue weighted by atomic mass is 9.99. The van der Waals surface area contributed by atoms with Crippen LogP contribution < -0.4 is 0 Å². The van der Waals surface area contributed by atoms with E-state index in [1.54, 1.807) is 0 Å². The molecule has 0 aromatic rings. The molecule has 19 heteroatoms. The summed E-state index contributed by atoms with van der Waals surface area (Å²) in [7, 11) is -9.94. The average Bonchev–Trinajstić information content (AvgIpc) is 0.898. The van der Waals surface area contributed by atoms with Gasteiger partial charge >= 0.3 is 39.5 Å². The highest BCUT2D eigenvalue weighted by molar-refractivity contribution is 7.47. The molecule has 0 amide bonds. The van der Waals surface area contributed by atoms with Crippen LogP contribution in [0, 0.1) is 11.8 Å². The Kier molecular flexibility index (Phi) is 77.9. The van der Waals surface area contributed by atoms with Gasteiger partial charge in [0, 0.05) is 25.7 Å². The van der Waals surface area contributed by atoms with Crippen molar-refractivity contribution in [3.63, 3.8) is 0 Å². The lowest BCUT2D eigenvalue weighted by Crippen LogP contribution is -2.30. The maximum absolute atomic E-state index is 13.2. The lowest BCUT2D eigenvalue weighted by Gasteiger charge is -2.21. The van der Waals surface area contributed by atoms with Gasteiger partial charge in [0.05, 0.1) is 26.4 Å². The first-order valence-electron chi connectivity index (χ1n) is 45.3. The predicted molar refractivity (Wildman–Crippen MR) is 446 cm³/mol. The molecular weight excluding hydrogens is 1400 g/mol. The quantitative estimate of drug-likeness (QED) is 0.0169. The van der Waals surface area contributed by atoms with E-state index in [-0.39, 0.29) is 25.7 Å². The number of aliphatic hydroxyl groups is 1. The number of aliphatic hydroxyl groups excluding tert-OH is 1. The topological polar surface area (TPSA) is 237 Å². The Morgan fingerprint density at radius 3 is 0.833 bits per heavy atom. The monoisotopic (exact) mass is 1570 g/mol. The maximum atomic E-state index is 13.2. The van der Waals surface area contributed by atoms with Crippen LogP contribution in [0.25, 0.3) is 0 Å². The fourth-order valence-corrected chi connectivity index (χ4v) is 15.0. The van der Waals surface area contributed by atoms with Crippen LogP contribution in [0.5, 0.6) is 0 Å². The molecule has 17 nitrogen and oxygen atoms in total. The van der Waals surface area contributed by atoms with E-state index in [1.807, 2.05) is 0 Å². The molecule has 0 spiro atoms. The standard InChI is InChI=1S/C89H170O17P2/c1-7-10-12-14-16-18-20-21-30-38-43-49-55-61-67-73-88(93)105-84(77-99-86(91)71-65-59-53-47-19-17-15-13-11-8-2)79-103-107(95,96)101-75-83(90)76-102-108(97,98)104-80-85(78-100-87(92)72-66-60-54-48-42-37-33-28-24-22-26-31-35-40-45-51-57-63-69-81(4)5)106-89(94)74-68-62-56-50-44-39-34-29-25-23-27-32-36-41-46-52-58-64-70-82(6)9-3/h18,20-21,30,81-85,90H,7-17,19,22-29,31-80H2,1-6H3,(H,95,96)(H,97,98)/b20-18-,30-21-/t82?,83-,84+,85+/m0/s1. The molecule has 0 rings (SSSR count). The number of unbranched alkanes of at least 4 members (excludes halogenated alkanes) is 52. The first-order valence-corrected chi connectivity index (χ1v) is 48.3. The Balaban J connectivity index is 5.24. The minimum atomic E-state index is -4.97. The first-order chi connectivity index (χ1) is 52.4. The van der Waals surface area contributed by atoms with Crippen molar-refractivity contribution in [2.75, 3.05) is 39.6 Å². The number of phosphoric ester groups is 2. The Labute approximate surface area is 663 Å². The smallest absolute Gasteiger partial charge is 0.462 e. The van der Waals surface area contributed by atoms with Crippen LogP contribution in [-0.2, 0) is 65.4 Å². The number of hydrogen-bond donors (Lipinski definition) is 3. The van der Waals surface area contributed by atoms with Gasteiger partial charge in [-0.2, -0.15) is 0 Å². The van der Waals surface area contributed by atoms with Crippen LogP contribution in [-0.4, -0.2) is 96.7 Å². The molecule has 3 unspecified atom stereocenters. The Morgan fingerprint density at radius 2 is 0.546 bits per heavy atom. The van der Waals surface area contributed by atoms with Crippen LogP contribution >= 0.6 is 15.6 Å². The zero-order valence-corrected chi connectivity index (χ0v) is 72.4. The van der Waals surface area contributed by atoms with Crippen LogP contribution in [0.3, 0.4) is 0 Å². The molecular formula is C89H170O17P2. The molecule has 0 aromatic carbocycles. The molecule has 0 radical (unpaired) electrons. The Bertz CT molecular complexity index is 2160. The number of rotatable bonds is 86. The third-order valence-electron chi connectivity index (χ3n) is 20.7.